The van der Waals surface area contributed by atoms with E-state index in [1.807, 2.05) is 12.1 Å². The molecule has 0 bridgehead atoms. The topological polar surface area (TPSA) is 56.4 Å². The summed E-state index contributed by atoms with van der Waals surface area (Å²) in [6, 6.07) is 5.56. The lowest BCUT2D eigenvalue weighted by atomic mass is 10.2. The number of hydrogen-bond acceptors (Lipinski definition) is 4. The van der Waals surface area contributed by atoms with Crippen LogP contribution >= 0.6 is 0 Å². The molecule has 0 fully saturated rings. The first kappa shape index (κ1) is 9.95. The second-order valence-corrected chi connectivity index (χ2v) is 3.25. The van der Waals surface area contributed by atoms with Gasteiger partial charge in [0.15, 0.2) is 5.58 Å². The van der Waals surface area contributed by atoms with Crippen LogP contribution in [0.15, 0.2) is 27.4 Å². The molecule has 5 heteroatoms. The summed E-state index contributed by atoms with van der Waals surface area (Å²) in [6.07, 6.45) is 0. The first-order valence-electron chi connectivity index (χ1n) is 4.56. The molecule has 1 heterocycles. The lowest BCUT2D eigenvalue weighted by Gasteiger charge is -2.01. The van der Waals surface area contributed by atoms with Crippen molar-refractivity contribution in [3.8, 4) is 0 Å². The minimum Gasteiger partial charge on any atom is -0.408 e. The van der Waals surface area contributed by atoms with Gasteiger partial charge in [-0.15, -0.1) is 0 Å². The smallest absolute Gasteiger partial charge is 0.408 e. The number of oxazole rings is 1. The molecule has 0 saturated carbocycles. The van der Waals surface area contributed by atoms with E-state index < -0.39 is 0 Å². The minimum atomic E-state index is -0.346. The molecule has 2 aromatic rings. The fourth-order valence-electron chi connectivity index (χ4n) is 1.44. The van der Waals surface area contributed by atoms with E-state index in [-0.39, 0.29) is 5.76 Å². The highest BCUT2D eigenvalue weighted by Gasteiger charge is 2.05. The second-order valence-electron chi connectivity index (χ2n) is 3.25. The molecule has 0 amide bonds. The molecule has 2 rings (SSSR count). The van der Waals surface area contributed by atoms with Crippen molar-refractivity contribution in [2.24, 2.45) is 7.05 Å². The average molecular weight is 208 g/mol. The minimum absolute atomic E-state index is 0.346. The monoisotopic (exact) mass is 208 g/mol. The molecule has 0 unspecified atom stereocenters. The lowest BCUT2D eigenvalue weighted by Crippen LogP contribution is -2.11. The van der Waals surface area contributed by atoms with Gasteiger partial charge in [0, 0.05) is 13.6 Å². The molecule has 0 saturated heterocycles. The molecule has 15 heavy (non-hydrogen) atoms. The largest absolute Gasteiger partial charge is 0.419 e. The highest BCUT2D eigenvalue weighted by atomic mass is 16.6. The first-order valence-corrected chi connectivity index (χ1v) is 4.56. The third kappa shape index (κ3) is 1.79. The summed E-state index contributed by atoms with van der Waals surface area (Å²) in [6.45, 7) is 0.589. The van der Waals surface area contributed by atoms with Gasteiger partial charge in [0.2, 0.25) is 0 Å². The molecule has 1 aromatic heterocycles. The molecule has 1 N–H and O–H groups in total. The van der Waals surface area contributed by atoms with Crippen LogP contribution in [0.25, 0.3) is 11.1 Å². The molecule has 0 aliphatic carbocycles. The van der Waals surface area contributed by atoms with Crippen LogP contribution in [0.4, 0.5) is 0 Å². The highest BCUT2D eigenvalue weighted by molar-refractivity contribution is 5.73. The Kier molecular flexibility index (Phi) is 2.57. The number of nitrogens with zero attached hydrogens (tertiary/aromatic N) is 1. The van der Waals surface area contributed by atoms with Gasteiger partial charge in [-0.05, 0) is 17.7 Å². The van der Waals surface area contributed by atoms with Gasteiger partial charge in [-0.1, -0.05) is 6.07 Å². The van der Waals surface area contributed by atoms with Crippen molar-refractivity contribution in [1.29, 1.82) is 0 Å². The van der Waals surface area contributed by atoms with Gasteiger partial charge in [-0.3, -0.25) is 4.57 Å². The van der Waals surface area contributed by atoms with Crippen LogP contribution in [0.3, 0.4) is 0 Å². The van der Waals surface area contributed by atoms with Crippen LogP contribution in [0.1, 0.15) is 5.56 Å². The zero-order valence-electron chi connectivity index (χ0n) is 8.61. The van der Waals surface area contributed by atoms with E-state index in [0.29, 0.717) is 12.1 Å². The second kappa shape index (κ2) is 3.88. The Morgan fingerprint density at radius 2 is 2.33 bits per heavy atom. The number of hydrogen-bond donors (Lipinski definition) is 1. The standard InChI is InChI=1S/C10H12N2O3/c1-12-8-5-7(6-11-14-2)3-4-9(8)15-10(12)13/h3-5,11H,6H2,1-2H3. The lowest BCUT2D eigenvalue weighted by molar-refractivity contribution is 0.0867. The summed E-state index contributed by atoms with van der Waals surface area (Å²) in [5.41, 5.74) is 5.15. The van der Waals surface area contributed by atoms with Gasteiger partial charge < -0.3 is 9.25 Å². The van der Waals surface area contributed by atoms with E-state index in [4.69, 9.17) is 9.25 Å². The van der Waals surface area contributed by atoms with Crippen LogP contribution in [0, 0.1) is 0 Å². The van der Waals surface area contributed by atoms with E-state index in [0.717, 1.165) is 11.1 Å². The van der Waals surface area contributed by atoms with Crippen molar-refractivity contribution < 1.29 is 9.25 Å². The summed E-state index contributed by atoms with van der Waals surface area (Å²) >= 11 is 0. The molecule has 0 spiro atoms. The van der Waals surface area contributed by atoms with E-state index in [2.05, 4.69) is 5.48 Å². The zero-order chi connectivity index (χ0) is 10.8. The Morgan fingerprint density at radius 1 is 1.53 bits per heavy atom. The highest BCUT2D eigenvalue weighted by Crippen LogP contribution is 2.13. The summed E-state index contributed by atoms with van der Waals surface area (Å²) in [5.74, 6) is -0.346. The Labute approximate surface area is 86.2 Å². The normalized spacial score (nSPS) is 11.1. The van der Waals surface area contributed by atoms with Crippen LogP contribution in [0.5, 0.6) is 0 Å². The van der Waals surface area contributed by atoms with Crippen molar-refractivity contribution in [2.45, 2.75) is 6.54 Å². The molecule has 80 valence electrons. The van der Waals surface area contributed by atoms with Gasteiger partial charge in [-0.2, -0.15) is 5.48 Å². The fraction of sp³-hybridized carbons (Fsp3) is 0.300. The zero-order valence-corrected chi connectivity index (χ0v) is 8.61. The van der Waals surface area contributed by atoms with E-state index in [1.54, 1.807) is 20.2 Å². The summed E-state index contributed by atoms with van der Waals surface area (Å²) in [5, 5.41) is 0. The summed E-state index contributed by atoms with van der Waals surface area (Å²) in [7, 11) is 3.24. The third-order valence-corrected chi connectivity index (χ3v) is 2.28. The molecule has 5 nitrogen and oxygen atoms in total. The van der Waals surface area contributed by atoms with Crippen molar-refractivity contribution in [2.75, 3.05) is 7.11 Å². The Bertz CT molecular complexity index is 527. The predicted molar refractivity (Wildman–Crippen MR) is 55.3 cm³/mol. The van der Waals surface area contributed by atoms with Crippen LogP contribution < -0.4 is 11.2 Å². The van der Waals surface area contributed by atoms with Gasteiger partial charge in [0.25, 0.3) is 0 Å². The van der Waals surface area contributed by atoms with Gasteiger partial charge in [-0.25, -0.2) is 4.79 Å². The average Bonchev–Trinajstić information content (AvgIpc) is 2.52. The van der Waals surface area contributed by atoms with Crippen molar-refractivity contribution >= 4 is 11.1 Å². The van der Waals surface area contributed by atoms with E-state index in [1.165, 1.54) is 4.57 Å². The van der Waals surface area contributed by atoms with Crippen molar-refractivity contribution in [3.05, 3.63) is 34.3 Å². The predicted octanol–water partition coefficient (Wildman–Crippen LogP) is 0.782. The number of aromatic nitrogens is 1. The number of fused-ring (bicyclic) bond motifs is 1. The van der Waals surface area contributed by atoms with Gasteiger partial charge in [0.05, 0.1) is 12.6 Å². The molecule has 0 atom stereocenters. The fourth-order valence-corrected chi connectivity index (χ4v) is 1.44. The van der Waals surface area contributed by atoms with Gasteiger partial charge >= 0.3 is 5.76 Å². The Balaban J connectivity index is 2.45. The molecular weight excluding hydrogens is 196 g/mol. The number of aryl methyl sites for hydroxylation is 1. The molecule has 0 aliphatic heterocycles. The maximum atomic E-state index is 11.2. The van der Waals surface area contributed by atoms with Crippen molar-refractivity contribution in [3.63, 3.8) is 0 Å². The molecular formula is C10H12N2O3. The van der Waals surface area contributed by atoms with Crippen molar-refractivity contribution in [1.82, 2.24) is 10.0 Å². The number of rotatable bonds is 3. The first-order chi connectivity index (χ1) is 7.22. The molecule has 0 radical (unpaired) electrons. The Morgan fingerprint density at radius 3 is 3.07 bits per heavy atom. The number of nitrogens with one attached hydrogen (secondary N) is 1. The van der Waals surface area contributed by atoms with Crippen LogP contribution in [-0.4, -0.2) is 11.7 Å². The summed E-state index contributed by atoms with van der Waals surface area (Å²) < 4.78 is 6.49. The van der Waals surface area contributed by atoms with Gasteiger partial charge in [0.1, 0.15) is 0 Å². The summed E-state index contributed by atoms with van der Waals surface area (Å²) in [4.78, 5) is 16.0. The van der Waals surface area contributed by atoms with E-state index >= 15 is 0 Å². The maximum absolute atomic E-state index is 11.2. The quantitative estimate of drug-likeness (QED) is 0.757. The third-order valence-electron chi connectivity index (χ3n) is 2.28. The molecule has 0 aliphatic rings. The van der Waals surface area contributed by atoms with E-state index in [9.17, 15) is 4.79 Å². The SMILES string of the molecule is CONCc1ccc2oc(=O)n(C)c2c1. The molecule has 1 aromatic carbocycles. The number of benzene rings is 1. The Hall–Kier alpha value is -1.59. The van der Waals surface area contributed by atoms with Crippen LogP contribution in [-0.2, 0) is 18.4 Å². The maximum Gasteiger partial charge on any atom is 0.419 e. The van der Waals surface area contributed by atoms with Crippen LogP contribution in [0.2, 0.25) is 0 Å². The number of hydroxylamine groups is 1.